The van der Waals surface area contributed by atoms with E-state index >= 15 is 0 Å². The molecule has 1 aliphatic rings. The third kappa shape index (κ3) is 4.34. The number of alkyl halides is 3. The zero-order valence-corrected chi connectivity index (χ0v) is 14.1. The van der Waals surface area contributed by atoms with Crippen LogP contribution in [0.4, 0.5) is 13.2 Å². The van der Waals surface area contributed by atoms with Crippen molar-refractivity contribution in [2.24, 2.45) is 5.16 Å². The minimum absolute atomic E-state index is 0.0489. The molecule has 0 saturated heterocycles. The van der Waals surface area contributed by atoms with Crippen LogP contribution in [0.2, 0.25) is 5.02 Å². The summed E-state index contributed by atoms with van der Waals surface area (Å²) in [5, 5.41) is 4.33. The molecule has 0 bridgehead atoms. The third-order valence-corrected chi connectivity index (χ3v) is 4.42. The molecule has 0 radical (unpaired) electrons. The minimum Gasteiger partial charge on any atom is -0.392 e. The van der Waals surface area contributed by atoms with Crippen LogP contribution < -0.4 is 0 Å². The average molecular weight is 368 g/mol. The first-order valence-corrected chi connectivity index (χ1v) is 8.49. The van der Waals surface area contributed by atoms with Gasteiger partial charge in [0.25, 0.3) is 0 Å². The van der Waals surface area contributed by atoms with Crippen LogP contribution in [0.1, 0.15) is 42.4 Å². The number of hydrogen-bond acceptors (Lipinski definition) is 2. The smallest absolute Gasteiger partial charge is 0.392 e. The molecule has 0 aliphatic heterocycles. The molecule has 2 nitrogen and oxygen atoms in total. The normalized spacial score (nSPS) is 16.2. The molecular weight excluding hydrogens is 351 g/mol. The second-order valence-electron chi connectivity index (χ2n) is 6.01. The number of nitrogens with zero attached hydrogens (tertiary/aromatic N) is 1. The van der Waals surface area contributed by atoms with Gasteiger partial charge >= 0.3 is 6.18 Å². The van der Waals surface area contributed by atoms with Gasteiger partial charge in [0.2, 0.25) is 0 Å². The van der Waals surface area contributed by atoms with E-state index in [2.05, 4.69) is 5.16 Å². The second-order valence-corrected chi connectivity index (χ2v) is 6.44. The van der Waals surface area contributed by atoms with Crippen LogP contribution >= 0.6 is 11.6 Å². The van der Waals surface area contributed by atoms with Gasteiger partial charge in [0, 0.05) is 16.1 Å². The van der Waals surface area contributed by atoms with Gasteiger partial charge in [-0.15, -0.1) is 0 Å². The third-order valence-electron chi connectivity index (χ3n) is 4.18. The summed E-state index contributed by atoms with van der Waals surface area (Å²) in [4.78, 5) is 5.56. The van der Waals surface area contributed by atoms with E-state index in [1.54, 1.807) is 30.3 Å². The zero-order valence-electron chi connectivity index (χ0n) is 13.4. The van der Waals surface area contributed by atoms with E-state index in [1.807, 2.05) is 0 Å². The Labute approximate surface area is 149 Å². The lowest BCUT2D eigenvalue weighted by Gasteiger charge is -2.16. The fraction of sp³-hybridized carbons (Fsp3) is 0.316. The van der Waals surface area contributed by atoms with Crippen molar-refractivity contribution in [1.82, 2.24) is 0 Å². The molecule has 0 atom stereocenters. The Bertz CT molecular complexity index is 753. The van der Waals surface area contributed by atoms with Gasteiger partial charge in [-0.3, -0.25) is 0 Å². The fourth-order valence-corrected chi connectivity index (χ4v) is 3.11. The Morgan fingerprint density at radius 2 is 1.72 bits per heavy atom. The molecule has 0 aromatic heterocycles. The van der Waals surface area contributed by atoms with Crippen LogP contribution in [0.5, 0.6) is 0 Å². The highest BCUT2D eigenvalue weighted by molar-refractivity contribution is 6.31. The maximum absolute atomic E-state index is 13.5. The molecule has 25 heavy (non-hydrogen) atoms. The SMILES string of the molecule is FC(F)(F)c1ccc(Cl)cc1/C(=N/OC1CCCC1)c1ccccc1. The molecule has 0 amide bonds. The number of benzene rings is 2. The molecule has 1 saturated carbocycles. The highest BCUT2D eigenvalue weighted by atomic mass is 35.5. The molecule has 0 N–H and O–H groups in total. The summed E-state index contributed by atoms with van der Waals surface area (Å²) in [6, 6.07) is 12.2. The molecule has 0 spiro atoms. The minimum atomic E-state index is -4.51. The summed E-state index contributed by atoms with van der Waals surface area (Å²) in [5.74, 6) is 0. The van der Waals surface area contributed by atoms with Gasteiger partial charge in [-0.05, 0) is 43.9 Å². The standard InChI is InChI=1S/C19H17ClF3NO/c20-14-10-11-17(19(21,22)23)16(12-14)18(13-6-2-1-3-7-13)24-25-15-8-4-5-9-15/h1-3,6-7,10-12,15H,4-5,8-9H2/b24-18+. The maximum atomic E-state index is 13.5. The summed E-state index contributed by atoms with van der Waals surface area (Å²) in [5.41, 5.74) is -0.172. The summed E-state index contributed by atoms with van der Waals surface area (Å²) in [7, 11) is 0. The largest absolute Gasteiger partial charge is 0.417 e. The first kappa shape index (κ1) is 17.8. The van der Waals surface area contributed by atoms with Gasteiger partial charge in [-0.1, -0.05) is 47.1 Å². The summed E-state index contributed by atoms with van der Waals surface area (Å²) in [6.07, 6.45) is -0.728. The Hall–Kier alpha value is -2.01. The molecule has 132 valence electrons. The van der Waals surface area contributed by atoms with Crippen molar-refractivity contribution in [3.8, 4) is 0 Å². The summed E-state index contributed by atoms with van der Waals surface area (Å²) in [6.45, 7) is 0. The van der Waals surface area contributed by atoms with Crippen LogP contribution in [0.25, 0.3) is 0 Å². The fourth-order valence-electron chi connectivity index (χ4n) is 2.93. The van der Waals surface area contributed by atoms with Crippen LogP contribution in [0, 0.1) is 0 Å². The van der Waals surface area contributed by atoms with Crippen LogP contribution in [0.15, 0.2) is 53.7 Å². The number of halogens is 4. The summed E-state index contributed by atoms with van der Waals surface area (Å²) >= 11 is 5.96. The Morgan fingerprint density at radius 3 is 2.36 bits per heavy atom. The van der Waals surface area contributed by atoms with Gasteiger partial charge in [0.1, 0.15) is 11.8 Å². The van der Waals surface area contributed by atoms with Crippen molar-refractivity contribution in [3.05, 3.63) is 70.2 Å². The molecule has 6 heteroatoms. The first-order chi connectivity index (χ1) is 11.9. The lowest BCUT2D eigenvalue weighted by molar-refractivity contribution is -0.137. The second kappa shape index (κ2) is 7.48. The highest BCUT2D eigenvalue weighted by Crippen LogP contribution is 2.35. The van der Waals surface area contributed by atoms with E-state index in [4.69, 9.17) is 16.4 Å². The van der Waals surface area contributed by atoms with Gasteiger partial charge in [0.15, 0.2) is 0 Å². The topological polar surface area (TPSA) is 21.6 Å². The Morgan fingerprint density at radius 1 is 1.04 bits per heavy atom. The van der Waals surface area contributed by atoms with Gasteiger partial charge < -0.3 is 4.84 Å². The summed E-state index contributed by atoms with van der Waals surface area (Å²) < 4.78 is 40.4. The monoisotopic (exact) mass is 367 g/mol. The highest BCUT2D eigenvalue weighted by Gasteiger charge is 2.35. The van der Waals surface area contributed by atoms with Gasteiger partial charge in [-0.2, -0.15) is 13.2 Å². The number of hydrogen-bond donors (Lipinski definition) is 0. The first-order valence-electron chi connectivity index (χ1n) is 8.11. The maximum Gasteiger partial charge on any atom is 0.417 e. The number of rotatable bonds is 4. The van der Waals surface area contributed by atoms with Crippen molar-refractivity contribution < 1.29 is 18.0 Å². The average Bonchev–Trinajstić information content (AvgIpc) is 3.08. The molecule has 2 aromatic carbocycles. The van der Waals surface area contributed by atoms with E-state index in [-0.39, 0.29) is 22.4 Å². The molecule has 1 fully saturated rings. The lowest BCUT2D eigenvalue weighted by Crippen LogP contribution is -2.16. The molecular formula is C19H17ClF3NO. The van der Waals surface area contributed by atoms with Crippen LogP contribution in [0.3, 0.4) is 0 Å². The molecule has 1 aliphatic carbocycles. The van der Waals surface area contributed by atoms with Crippen LogP contribution in [-0.2, 0) is 11.0 Å². The quantitative estimate of drug-likeness (QED) is 0.474. The van der Waals surface area contributed by atoms with E-state index in [0.29, 0.717) is 5.56 Å². The van der Waals surface area contributed by atoms with Crippen LogP contribution in [-0.4, -0.2) is 11.8 Å². The van der Waals surface area contributed by atoms with E-state index in [1.165, 1.54) is 12.1 Å². The lowest BCUT2D eigenvalue weighted by atomic mass is 9.97. The zero-order chi connectivity index (χ0) is 17.9. The molecule has 3 rings (SSSR count). The van der Waals surface area contributed by atoms with Gasteiger partial charge in [-0.25, -0.2) is 0 Å². The number of oxime groups is 1. The predicted octanol–water partition coefficient (Wildman–Crippen LogP) is 6.07. The molecule has 2 aromatic rings. The van der Waals surface area contributed by atoms with Crippen molar-refractivity contribution in [3.63, 3.8) is 0 Å². The van der Waals surface area contributed by atoms with Gasteiger partial charge in [0.05, 0.1) is 5.56 Å². The van der Waals surface area contributed by atoms with Crippen molar-refractivity contribution in [2.75, 3.05) is 0 Å². The van der Waals surface area contributed by atoms with Crippen molar-refractivity contribution >= 4 is 17.3 Å². The van der Waals surface area contributed by atoms with Crippen molar-refractivity contribution in [1.29, 1.82) is 0 Å². The molecule has 0 unspecified atom stereocenters. The van der Waals surface area contributed by atoms with Crippen molar-refractivity contribution in [2.45, 2.75) is 38.0 Å². The van der Waals surface area contributed by atoms with E-state index in [9.17, 15) is 13.2 Å². The van der Waals surface area contributed by atoms with E-state index in [0.717, 1.165) is 31.7 Å². The van der Waals surface area contributed by atoms with E-state index < -0.39 is 11.7 Å². The Kier molecular flexibility index (Phi) is 5.33. The predicted molar refractivity (Wildman–Crippen MR) is 91.9 cm³/mol. The molecule has 0 heterocycles. The Balaban J connectivity index is 2.08.